The highest BCUT2D eigenvalue weighted by molar-refractivity contribution is 7.80. The highest BCUT2D eigenvalue weighted by Crippen LogP contribution is 2.30. The molecule has 1 aliphatic rings. The average molecular weight is 342 g/mol. The summed E-state index contributed by atoms with van der Waals surface area (Å²) >= 11 is 5.24. The summed E-state index contributed by atoms with van der Waals surface area (Å²) in [5, 5.41) is 8.74. The van der Waals surface area contributed by atoms with E-state index in [1.54, 1.807) is 7.11 Å². The fourth-order valence-electron chi connectivity index (χ4n) is 2.87. The maximum absolute atomic E-state index is 12.2. The minimum atomic E-state index is -0.380. The van der Waals surface area contributed by atoms with Crippen LogP contribution in [-0.4, -0.2) is 25.3 Å². The van der Waals surface area contributed by atoms with Gasteiger partial charge in [0, 0.05) is 5.70 Å². The maximum Gasteiger partial charge on any atom is 0.337 e. The summed E-state index contributed by atoms with van der Waals surface area (Å²) < 4.78 is 10.2. The van der Waals surface area contributed by atoms with Gasteiger partial charge in [-0.05, 0) is 53.7 Å². The van der Waals surface area contributed by atoms with Crippen molar-refractivity contribution < 1.29 is 14.3 Å². The van der Waals surface area contributed by atoms with Crippen LogP contribution < -0.4 is 15.4 Å². The number of methoxy groups -OCH3 is 2. The van der Waals surface area contributed by atoms with Gasteiger partial charge in [0.25, 0.3) is 0 Å². The van der Waals surface area contributed by atoms with Crippen LogP contribution in [0.4, 0.5) is 0 Å². The first-order valence-corrected chi connectivity index (χ1v) is 7.88. The third-order valence-electron chi connectivity index (χ3n) is 4.08. The molecular formula is C18H18N2O3S. The molecular weight excluding hydrogens is 324 g/mol. The number of hydrogen-bond donors (Lipinski definition) is 2. The van der Waals surface area contributed by atoms with E-state index < -0.39 is 0 Å². The van der Waals surface area contributed by atoms with Crippen LogP contribution in [0.25, 0.3) is 10.8 Å². The summed E-state index contributed by atoms with van der Waals surface area (Å²) in [6, 6.07) is 11.5. The highest BCUT2D eigenvalue weighted by atomic mass is 32.1. The van der Waals surface area contributed by atoms with Gasteiger partial charge in [-0.2, -0.15) is 0 Å². The van der Waals surface area contributed by atoms with E-state index in [1.165, 1.54) is 7.11 Å². The largest absolute Gasteiger partial charge is 0.497 e. The molecule has 0 radical (unpaired) electrons. The number of carbonyl (C=O) groups excluding carboxylic acids is 1. The zero-order valence-electron chi connectivity index (χ0n) is 13.7. The van der Waals surface area contributed by atoms with E-state index >= 15 is 0 Å². The Hall–Kier alpha value is -2.60. The van der Waals surface area contributed by atoms with E-state index in [9.17, 15) is 4.79 Å². The lowest BCUT2D eigenvalue weighted by molar-refractivity contribution is -0.136. The quantitative estimate of drug-likeness (QED) is 0.661. The molecule has 6 heteroatoms. The third-order valence-corrected chi connectivity index (χ3v) is 4.30. The van der Waals surface area contributed by atoms with Crippen molar-refractivity contribution >= 4 is 34.1 Å². The first-order chi connectivity index (χ1) is 11.5. The first kappa shape index (κ1) is 16.3. The predicted octanol–water partition coefficient (Wildman–Crippen LogP) is 2.81. The minimum absolute atomic E-state index is 0.349. The Balaban J connectivity index is 2.08. The normalized spacial score (nSPS) is 17.3. The molecule has 5 nitrogen and oxygen atoms in total. The van der Waals surface area contributed by atoms with Crippen LogP contribution in [0.1, 0.15) is 18.5 Å². The molecule has 0 fully saturated rings. The molecule has 1 atom stereocenters. The lowest BCUT2D eigenvalue weighted by Crippen LogP contribution is -2.45. The minimum Gasteiger partial charge on any atom is -0.497 e. The van der Waals surface area contributed by atoms with Crippen molar-refractivity contribution in [2.75, 3.05) is 14.2 Å². The maximum atomic E-state index is 12.2. The van der Waals surface area contributed by atoms with Gasteiger partial charge in [0.05, 0.1) is 25.8 Å². The number of carbonyl (C=O) groups is 1. The topological polar surface area (TPSA) is 59.6 Å². The Morgan fingerprint density at radius 2 is 1.83 bits per heavy atom. The Kier molecular flexibility index (Phi) is 4.40. The van der Waals surface area contributed by atoms with Crippen LogP contribution in [0.2, 0.25) is 0 Å². The number of thiocarbonyl (C=S) groups is 1. The molecule has 0 saturated carbocycles. The Labute approximate surface area is 145 Å². The predicted molar refractivity (Wildman–Crippen MR) is 96.8 cm³/mol. The van der Waals surface area contributed by atoms with Gasteiger partial charge in [0.2, 0.25) is 0 Å². The smallest absolute Gasteiger partial charge is 0.337 e. The standard InChI is InChI=1S/C18H18N2O3S/c1-10-15(17(21)23-3)16(20-18(24)19-10)13-5-4-12-9-14(22-2)7-6-11(12)8-13/h4-9,16H,1-3H3,(H2,19,20,24). The molecule has 2 N–H and O–H groups in total. The van der Waals surface area contributed by atoms with Gasteiger partial charge in [0.15, 0.2) is 5.11 Å². The number of hydrogen-bond acceptors (Lipinski definition) is 4. The van der Waals surface area contributed by atoms with Crippen LogP contribution in [-0.2, 0) is 9.53 Å². The lowest BCUT2D eigenvalue weighted by Gasteiger charge is -2.29. The first-order valence-electron chi connectivity index (χ1n) is 7.48. The van der Waals surface area contributed by atoms with Gasteiger partial charge >= 0.3 is 5.97 Å². The molecule has 0 aromatic heterocycles. The second-order valence-corrected chi connectivity index (χ2v) is 5.94. The molecule has 0 aliphatic carbocycles. The number of ether oxygens (including phenoxy) is 2. The lowest BCUT2D eigenvalue weighted by atomic mass is 9.94. The SMILES string of the molecule is COC(=O)C1=C(C)NC(=S)NC1c1ccc2cc(OC)ccc2c1. The van der Waals surface area contributed by atoms with Crippen molar-refractivity contribution in [3.8, 4) is 5.75 Å². The van der Waals surface area contributed by atoms with E-state index in [0.29, 0.717) is 16.4 Å². The molecule has 0 saturated heterocycles. The van der Waals surface area contributed by atoms with Gasteiger partial charge in [0.1, 0.15) is 5.75 Å². The molecule has 1 aliphatic heterocycles. The van der Waals surface area contributed by atoms with E-state index in [-0.39, 0.29) is 12.0 Å². The van der Waals surface area contributed by atoms with E-state index in [0.717, 1.165) is 22.1 Å². The molecule has 3 rings (SSSR count). The number of fused-ring (bicyclic) bond motifs is 1. The molecule has 0 amide bonds. The van der Waals surface area contributed by atoms with Crippen LogP contribution in [0, 0.1) is 0 Å². The summed E-state index contributed by atoms with van der Waals surface area (Å²) in [7, 11) is 3.02. The van der Waals surface area contributed by atoms with Crippen molar-refractivity contribution in [1.82, 2.24) is 10.6 Å². The van der Waals surface area contributed by atoms with Gasteiger partial charge in [-0.1, -0.05) is 18.2 Å². The summed E-state index contributed by atoms with van der Waals surface area (Å²) in [6.45, 7) is 1.82. The summed E-state index contributed by atoms with van der Waals surface area (Å²) in [5.41, 5.74) is 2.17. The molecule has 124 valence electrons. The zero-order chi connectivity index (χ0) is 17.3. The average Bonchev–Trinajstić information content (AvgIpc) is 2.59. The highest BCUT2D eigenvalue weighted by Gasteiger charge is 2.30. The van der Waals surface area contributed by atoms with Crippen LogP contribution in [0.15, 0.2) is 47.7 Å². The molecule has 2 aromatic rings. The molecule has 1 heterocycles. The zero-order valence-corrected chi connectivity index (χ0v) is 14.5. The summed E-state index contributed by atoms with van der Waals surface area (Å²) in [5.74, 6) is 0.428. The molecule has 24 heavy (non-hydrogen) atoms. The third kappa shape index (κ3) is 2.92. The number of benzene rings is 2. The van der Waals surface area contributed by atoms with E-state index in [2.05, 4.69) is 10.6 Å². The second-order valence-electron chi connectivity index (χ2n) is 5.53. The fraction of sp³-hybridized carbons (Fsp3) is 0.222. The van der Waals surface area contributed by atoms with Gasteiger partial charge in [-0.3, -0.25) is 0 Å². The van der Waals surface area contributed by atoms with Crippen molar-refractivity contribution in [2.24, 2.45) is 0 Å². The molecule has 1 unspecified atom stereocenters. The second kappa shape index (κ2) is 6.49. The monoisotopic (exact) mass is 342 g/mol. The number of nitrogens with one attached hydrogen (secondary N) is 2. The Morgan fingerprint density at radius 3 is 2.54 bits per heavy atom. The van der Waals surface area contributed by atoms with E-state index in [4.69, 9.17) is 21.7 Å². The van der Waals surface area contributed by atoms with E-state index in [1.807, 2.05) is 43.3 Å². The van der Waals surface area contributed by atoms with Gasteiger partial charge < -0.3 is 20.1 Å². The molecule has 0 bridgehead atoms. The number of esters is 1. The fourth-order valence-corrected chi connectivity index (χ4v) is 3.14. The Morgan fingerprint density at radius 1 is 1.12 bits per heavy atom. The van der Waals surface area contributed by atoms with Gasteiger partial charge in [-0.25, -0.2) is 4.79 Å². The van der Waals surface area contributed by atoms with Crippen molar-refractivity contribution in [1.29, 1.82) is 0 Å². The van der Waals surface area contributed by atoms with Crippen molar-refractivity contribution in [2.45, 2.75) is 13.0 Å². The van der Waals surface area contributed by atoms with Gasteiger partial charge in [-0.15, -0.1) is 0 Å². The summed E-state index contributed by atoms with van der Waals surface area (Å²) in [6.07, 6.45) is 0. The number of rotatable bonds is 3. The summed E-state index contributed by atoms with van der Waals surface area (Å²) in [4.78, 5) is 12.2. The number of allylic oxidation sites excluding steroid dienone is 1. The Bertz CT molecular complexity index is 860. The van der Waals surface area contributed by atoms with Crippen LogP contribution in [0.3, 0.4) is 0 Å². The van der Waals surface area contributed by atoms with Crippen molar-refractivity contribution in [3.05, 3.63) is 53.2 Å². The van der Waals surface area contributed by atoms with Crippen LogP contribution >= 0.6 is 12.2 Å². The van der Waals surface area contributed by atoms with Crippen molar-refractivity contribution in [3.63, 3.8) is 0 Å². The molecule has 0 spiro atoms. The van der Waals surface area contributed by atoms with Crippen LogP contribution in [0.5, 0.6) is 5.75 Å². The molecule has 2 aromatic carbocycles.